The number of hydrogen-bond donors (Lipinski definition) is 1. The fraction of sp³-hybridized carbons (Fsp3) is 0.462. The van der Waals surface area contributed by atoms with Gasteiger partial charge in [-0.05, 0) is 26.3 Å². The van der Waals surface area contributed by atoms with E-state index in [2.05, 4.69) is 9.97 Å². The molecule has 0 aromatic carbocycles. The second-order valence-corrected chi connectivity index (χ2v) is 5.11. The Morgan fingerprint density at radius 2 is 2.10 bits per heavy atom. The lowest BCUT2D eigenvalue weighted by molar-refractivity contribution is 0.0531. The van der Waals surface area contributed by atoms with Crippen LogP contribution in [0.25, 0.3) is 10.2 Å². The second-order valence-electron chi connectivity index (χ2n) is 4.11. The maximum atomic E-state index is 12.1. The van der Waals surface area contributed by atoms with Gasteiger partial charge in [-0.2, -0.15) is 0 Å². The van der Waals surface area contributed by atoms with Crippen molar-refractivity contribution >= 4 is 27.5 Å². The van der Waals surface area contributed by atoms with Gasteiger partial charge in [0.05, 0.1) is 12.0 Å². The lowest BCUT2D eigenvalue weighted by atomic mass is 10.2. The lowest BCUT2D eigenvalue weighted by Gasteiger charge is -2.00. The van der Waals surface area contributed by atoms with Gasteiger partial charge in [0.1, 0.15) is 22.1 Å². The SMILES string of the molecule is CCOCc1nc2sc(C(=O)OCC)c(C)c2c(=O)[nH]1. The fourth-order valence-electron chi connectivity index (χ4n) is 1.85. The van der Waals surface area contributed by atoms with Gasteiger partial charge in [0.25, 0.3) is 5.56 Å². The number of hydrogen-bond acceptors (Lipinski definition) is 6. The van der Waals surface area contributed by atoms with E-state index in [4.69, 9.17) is 9.47 Å². The van der Waals surface area contributed by atoms with Crippen LogP contribution in [-0.4, -0.2) is 29.2 Å². The number of thiophene rings is 1. The molecule has 0 spiro atoms. The van der Waals surface area contributed by atoms with Gasteiger partial charge in [-0.3, -0.25) is 4.79 Å². The molecule has 0 radical (unpaired) electrons. The fourth-order valence-corrected chi connectivity index (χ4v) is 2.94. The van der Waals surface area contributed by atoms with E-state index in [1.807, 2.05) is 6.92 Å². The maximum Gasteiger partial charge on any atom is 0.348 e. The normalized spacial score (nSPS) is 10.9. The number of H-pyrrole nitrogens is 1. The van der Waals surface area contributed by atoms with E-state index >= 15 is 0 Å². The molecule has 2 aromatic rings. The van der Waals surface area contributed by atoms with Gasteiger partial charge in [0.15, 0.2) is 0 Å². The lowest BCUT2D eigenvalue weighted by Crippen LogP contribution is -2.12. The molecular formula is C13H16N2O4S. The quantitative estimate of drug-likeness (QED) is 0.853. The van der Waals surface area contributed by atoms with Gasteiger partial charge in [0.2, 0.25) is 0 Å². The van der Waals surface area contributed by atoms with Gasteiger partial charge < -0.3 is 14.5 Å². The summed E-state index contributed by atoms with van der Waals surface area (Å²) in [7, 11) is 0. The average Bonchev–Trinajstić information content (AvgIpc) is 2.74. The number of nitrogens with zero attached hydrogens (tertiary/aromatic N) is 1. The molecule has 0 amide bonds. The number of aryl methyl sites for hydroxylation is 1. The number of ether oxygens (including phenoxy) is 2. The van der Waals surface area contributed by atoms with E-state index in [1.165, 1.54) is 11.3 Å². The number of aromatic amines is 1. The van der Waals surface area contributed by atoms with Crippen LogP contribution in [0.5, 0.6) is 0 Å². The van der Waals surface area contributed by atoms with Crippen molar-refractivity contribution in [1.29, 1.82) is 0 Å². The van der Waals surface area contributed by atoms with Crippen LogP contribution in [0.4, 0.5) is 0 Å². The molecule has 108 valence electrons. The molecular weight excluding hydrogens is 280 g/mol. The predicted molar refractivity (Wildman–Crippen MR) is 76.3 cm³/mol. The van der Waals surface area contributed by atoms with Crippen molar-refractivity contribution in [3.8, 4) is 0 Å². The number of aromatic nitrogens is 2. The molecule has 0 bridgehead atoms. The van der Waals surface area contributed by atoms with Crippen molar-refractivity contribution in [2.75, 3.05) is 13.2 Å². The van der Waals surface area contributed by atoms with Crippen LogP contribution >= 0.6 is 11.3 Å². The summed E-state index contributed by atoms with van der Waals surface area (Å²) < 4.78 is 10.2. The molecule has 0 atom stereocenters. The molecule has 2 rings (SSSR count). The first-order valence-electron chi connectivity index (χ1n) is 6.35. The van der Waals surface area contributed by atoms with Gasteiger partial charge in [-0.25, -0.2) is 9.78 Å². The zero-order valence-electron chi connectivity index (χ0n) is 11.6. The van der Waals surface area contributed by atoms with E-state index < -0.39 is 5.97 Å². The molecule has 0 saturated heterocycles. The standard InChI is InChI=1S/C13H16N2O4S/c1-4-18-6-8-14-11(16)9-7(3)10(13(17)19-5-2)20-12(9)15-8/h4-6H2,1-3H3,(H,14,15,16). The summed E-state index contributed by atoms with van der Waals surface area (Å²) in [6.45, 7) is 6.42. The number of rotatable bonds is 5. The highest BCUT2D eigenvalue weighted by Crippen LogP contribution is 2.27. The average molecular weight is 296 g/mol. The zero-order chi connectivity index (χ0) is 14.7. The molecule has 0 saturated carbocycles. The highest BCUT2D eigenvalue weighted by molar-refractivity contribution is 7.20. The van der Waals surface area contributed by atoms with Gasteiger partial charge >= 0.3 is 5.97 Å². The van der Waals surface area contributed by atoms with Crippen molar-refractivity contribution < 1.29 is 14.3 Å². The molecule has 6 nitrogen and oxygen atoms in total. The van der Waals surface area contributed by atoms with Crippen LogP contribution in [-0.2, 0) is 16.1 Å². The van der Waals surface area contributed by atoms with Crippen LogP contribution in [0.15, 0.2) is 4.79 Å². The molecule has 0 aliphatic rings. The molecule has 0 aliphatic carbocycles. The molecule has 1 N–H and O–H groups in total. The summed E-state index contributed by atoms with van der Waals surface area (Å²) >= 11 is 1.17. The van der Waals surface area contributed by atoms with E-state index in [0.717, 1.165) is 0 Å². The highest BCUT2D eigenvalue weighted by Gasteiger charge is 2.20. The van der Waals surface area contributed by atoms with Crippen LogP contribution in [0.2, 0.25) is 0 Å². The highest BCUT2D eigenvalue weighted by atomic mass is 32.1. The number of nitrogens with one attached hydrogen (secondary N) is 1. The maximum absolute atomic E-state index is 12.1. The Bertz CT molecular complexity index is 689. The molecule has 7 heteroatoms. The molecule has 0 unspecified atom stereocenters. The number of fused-ring (bicyclic) bond motifs is 1. The Kier molecular flexibility index (Phi) is 4.51. The first kappa shape index (κ1) is 14.7. The van der Waals surface area contributed by atoms with E-state index in [1.54, 1.807) is 13.8 Å². The first-order valence-corrected chi connectivity index (χ1v) is 7.17. The number of carbonyl (C=O) groups excluding carboxylic acids is 1. The van der Waals surface area contributed by atoms with Crippen molar-refractivity contribution in [1.82, 2.24) is 9.97 Å². The van der Waals surface area contributed by atoms with Crippen LogP contribution < -0.4 is 5.56 Å². The van der Waals surface area contributed by atoms with Gasteiger partial charge in [-0.1, -0.05) is 0 Å². The molecule has 0 fully saturated rings. The largest absolute Gasteiger partial charge is 0.462 e. The summed E-state index contributed by atoms with van der Waals surface area (Å²) in [5, 5.41) is 0.443. The summed E-state index contributed by atoms with van der Waals surface area (Å²) in [5.74, 6) is 0.0415. The Morgan fingerprint density at radius 1 is 1.35 bits per heavy atom. The third kappa shape index (κ3) is 2.73. The Hall–Kier alpha value is -1.73. The molecule has 2 aromatic heterocycles. The van der Waals surface area contributed by atoms with Crippen molar-refractivity contribution in [3.63, 3.8) is 0 Å². The van der Waals surface area contributed by atoms with Crippen LogP contribution in [0.1, 0.15) is 34.9 Å². The van der Waals surface area contributed by atoms with Crippen molar-refractivity contribution in [3.05, 3.63) is 26.6 Å². The van der Waals surface area contributed by atoms with Gasteiger partial charge in [-0.15, -0.1) is 11.3 Å². The third-order valence-electron chi connectivity index (χ3n) is 2.75. The van der Waals surface area contributed by atoms with E-state index in [0.29, 0.717) is 39.7 Å². The zero-order valence-corrected chi connectivity index (χ0v) is 12.4. The smallest absolute Gasteiger partial charge is 0.348 e. The molecule has 0 aliphatic heterocycles. The van der Waals surface area contributed by atoms with E-state index in [-0.39, 0.29) is 12.2 Å². The summed E-state index contributed by atoms with van der Waals surface area (Å²) in [6.07, 6.45) is 0. The topological polar surface area (TPSA) is 81.3 Å². The van der Waals surface area contributed by atoms with E-state index in [9.17, 15) is 9.59 Å². The summed E-state index contributed by atoms with van der Waals surface area (Å²) in [6, 6.07) is 0. The Balaban J connectivity index is 2.50. The Morgan fingerprint density at radius 3 is 2.75 bits per heavy atom. The number of carbonyl (C=O) groups is 1. The predicted octanol–water partition coefficient (Wildman–Crippen LogP) is 2.01. The summed E-state index contributed by atoms with van der Waals surface area (Å²) in [4.78, 5) is 31.9. The van der Waals surface area contributed by atoms with Crippen molar-refractivity contribution in [2.24, 2.45) is 0 Å². The third-order valence-corrected chi connectivity index (χ3v) is 3.92. The minimum Gasteiger partial charge on any atom is -0.462 e. The van der Waals surface area contributed by atoms with Crippen LogP contribution in [0, 0.1) is 6.92 Å². The summed E-state index contributed by atoms with van der Waals surface area (Å²) in [5.41, 5.74) is 0.356. The van der Waals surface area contributed by atoms with Crippen LogP contribution in [0.3, 0.4) is 0 Å². The Labute approximate surface area is 119 Å². The van der Waals surface area contributed by atoms with Gasteiger partial charge in [0, 0.05) is 6.61 Å². The second kappa shape index (κ2) is 6.15. The minimum absolute atomic E-state index is 0.243. The molecule has 2 heterocycles. The first-order chi connectivity index (χ1) is 9.58. The minimum atomic E-state index is -0.418. The number of esters is 1. The monoisotopic (exact) mass is 296 g/mol. The molecule has 20 heavy (non-hydrogen) atoms. The van der Waals surface area contributed by atoms with Crippen molar-refractivity contribution in [2.45, 2.75) is 27.4 Å².